The van der Waals surface area contributed by atoms with Gasteiger partial charge in [-0.05, 0) is 48.9 Å². The number of rotatable bonds is 6. The molecule has 0 bridgehead atoms. The molecule has 0 aliphatic heterocycles. The van der Waals surface area contributed by atoms with Crippen LogP contribution in [0.2, 0.25) is 0 Å². The summed E-state index contributed by atoms with van der Waals surface area (Å²) in [6.45, 7) is 3.81. The number of nitrogens with zero attached hydrogens (tertiary/aromatic N) is 1. The number of methoxy groups -OCH3 is 1. The van der Waals surface area contributed by atoms with Gasteiger partial charge in [-0.2, -0.15) is 0 Å². The van der Waals surface area contributed by atoms with E-state index in [1.54, 1.807) is 0 Å². The van der Waals surface area contributed by atoms with Gasteiger partial charge in [0.2, 0.25) is 0 Å². The van der Waals surface area contributed by atoms with Crippen LogP contribution in [0.1, 0.15) is 56.6 Å². The van der Waals surface area contributed by atoms with Gasteiger partial charge >= 0.3 is 12.1 Å². The van der Waals surface area contributed by atoms with Crippen LogP contribution in [0.15, 0.2) is 48.5 Å². The Morgan fingerprint density at radius 3 is 2.19 bits per heavy atom. The Morgan fingerprint density at radius 2 is 1.66 bits per heavy atom. The van der Waals surface area contributed by atoms with Crippen LogP contribution in [0.3, 0.4) is 0 Å². The summed E-state index contributed by atoms with van der Waals surface area (Å²) in [6, 6.07) is 15.9. The van der Waals surface area contributed by atoms with Crippen molar-refractivity contribution in [3.8, 4) is 11.1 Å². The highest BCUT2D eigenvalue weighted by molar-refractivity contribution is 5.86. The minimum Gasteiger partial charge on any atom is -0.479 e. The fourth-order valence-corrected chi connectivity index (χ4v) is 5.56. The fraction of sp³-hybridized carbons (Fsp3) is 0.462. The zero-order valence-corrected chi connectivity index (χ0v) is 18.9. The zero-order chi connectivity index (χ0) is 22.9. The van der Waals surface area contributed by atoms with Gasteiger partial charge in [-0.1, -0.05) is 61.4 Å². The molecule has 2 aromatic rings. The highest BCUT2D eigenvalue weighted by Gasteiger charge is 2.55. The standard InChI is InChI=1S/C26H31NO5/c1-17(2)27(26(24(28)29)15-9-8-14-23(26)31-3)25(30)32-16-22-20-12-6-4-10-18(20)19-11-5-7-13-21(19)22/h4-7,10-13,17,22-23H,8-9,14-16H2,1-3H3,(H,28,29). The van der Waals surface area contributed by atoms with E-state index in [2.05, 4.69) is 24.3 Å². The number of carboxylic acids is 1. The Labute approximate surface area is 189 Å². The summed E-state index contributed by atoms with van der Waals surface area (Å²) >= 11 is 0. The van der Waals surface area contributed by atoms with E-state index in [0.717, 1.165) is 35.1 Å². The molecule has 2 atom stereocenters. The molecule has 1 N–H and O–H groups in total. The number of hydrogen-bond donors (Lipinski definition) is 1. The molecule has 6 nitrogen and oxygen atoms in total. The quantitative estimate of drug-likeness (QED) is 0.684. The molecule has 4 rings (SSSR count). The van der Waals surface area contributed by atoms with Gasteiger partial charge in [0, 0.05) is 19.1 Å². The summed E-state index contributed by atoms with van der Waals surface area (Å²) in [5, 5.41) is 10.3. The molecule has 1 amide bonds. The van der Waals surface area contributed by atoms with Crippen LogP contribution >= 0.6 is 0 Å². The van der Waals surface area contributed by atoms with Gasteiger partial charge < -0.3 is 14.6 Å². The lowest BCUT2D eigenvalue weighted by molar-refractivity contribution is -0.167. The van der Waals surface area contributed by atoms with Crippen molar-refractivity contribution in [1.29, 1.82) is 0 Å². The lowest BCUT2D eigenvalue weighted by atomic mass is 9.77. The Bertz CT molecular complexity index is 958. The average molecular weight is 438 g/mol. The van der Waals surface area contributed by atoms with Crippen LogP contribution in [0, 0.1) is 0 Å². The maximum absolute atomic E-state index is 13.4. The van der Waals surface area contributed by atoms with Crippen molar-refractivity contribution in [1.82, 2.24) is 4.90 Å². The molecule has 2 aromatic carbocycles. The number of benzene rings is 2. The van der Waals surface area contributed by atoms with Crippen LogP contribution in [-0.4, -0.2) is 53.5 Å². The van der Waals surface area contributed by atoms with Crippen LogP contribution < -0.4 is 0 Å². The van der Waals surface area contributed by atoms with Crippen LogP contribution in [0.25, 0.3) is 11.1 Å². The lowest BCUT2D eigenvalue weighted by Crippen LogP contribution is -2.67. The maximum atomic E-state index is 13.4. The number of fused-ring (bicyclic) bond motifs is 3. The molecule has 0 radical (unpaired) electrons. The van der Waals surface area contributed by atoms with Gasteiger partial charge in [0.25, 0.3) is 0 Å². The first-order chi connectivity index (χ1) is 15.4. The minimum atomic E-state index is -1.43. The van der Waals surface area contributed by atoms with Crippen molar-refractivity contribution >= 4 is 12.1 Å². The van der Waals surface area contributed by atoms with Crippen LogP contribution in [-0.2, 0) is 14.3 Å². The Morgan fingerprint density at radius 1 is 1.06 bits per heavy atom. The van der Waals surface area contributed by atoms with Gasteiger partial charge in [-0.15, -0.1) is 0 Å². The van der Waals surface area contributed by atoms with Gasteiger partial charge in [0.05, 0.1) is 6.10 Å². The monoisotopic (exact) mass is 437 g/mol. The average Bonchev–Trinajstić information content (AvgIpc) is 3.11. The molecule has 0 heterocycles. The van der Waals surface area contributed by atoms with Crippen molar-refractivity contribution < 1.29 is 24.2 Å². The molecular weight excluding hydrogens is 406 g/mol. The topological polar surface area (TPSA) is 76.1 Å². The summed E-state index contributed by atoms with van der Waals surface area (Å²) in [7, 11) is 1.52. The summed E-state index contributed by atoms with van der Waals surface area (Å²) in [5.41, 5.74) is 3.12. The first kappa shape index (κ1) is 22.3. The van der Waals surface area contributed by atoms with Crippen molar-refractivity contribution in [3.05, 3.63) is 59.7 Å². The summed E-state index contributed by atoms with van der Waals surface area (Å²) in [5.74, 6) is -1.11. The second-order valence-corrected chi connectivity index (χ2v) is 8.97. The first-order valence-corrected chi connectivity index (χ1v) is 11.3. The maximum Gasteiger partial charge on any atom is 0.411 e. The third-order valence-corrected chi connectivity index (χ3v) is 6.94. The van der Waals surface area contributed by atoms with Crippen molar-refractivity contribution in [2.24, 2.45) is 0 Å². The predicted molar refractivity (Wildman–Crippen MR) is 122 cm³/mol. The molecule has 1 fully saturated rings. The Balaban J connectivity index is 1.62. The summed E-state index contributed by atoms with van der Waals surface area (Å²) in [4.78, 5) is 27.4. The molecule has 1 saturated carbocycles. The zero-order valence-electron chi connectivity index (χ0n) is 18.9. The van der Waals surface area contributed by atoms with Gasteiger partial charge in [0.15, 0.2) is 5.54 Å². The minimum absolute atomic E-state index is 0.0780. The van der Waals surface area contributed by atoms with E-state index in [0.29, 0.717) is 12.8 Å². The number of ether oxygens (including phenoxy) is 2. The largest absolute Gasteiger partial charge is 0.479 e. The van der Waals surface area contributed by atoms with Crippen LogP contribution in [0.5, 0.6) is 0 Å². The lowest BCUT2D eigenvalue weighted by Gasteiger charge is -2.48. The Kier molecular flexibility index (Phi) is 6.24. The first-order valence-electron chi connectivity index (χ1n) is 11.3. The van der Waals surface area contributed by atoms with E-state index in [9.17, 15) is 14.7 Å². The third-order valence-electron chi connectivity index (χ3n) is 6.94. The van der Waals surface area contributed by atoms with E-state index in [-0.39, 0.29) is 18.6 Å². The van der Waals surface area contributed by atoms with Crippen molar-refractivity contribution in [3.63, 3.8) is 0 Å². The highest BCUT2D eigenvalue weighted by atomic mass is 16.6. The molecule has 0 spiro atoms. The van der Waals surface area contributed by atoms with Crippen molar-refractivity contribution in [2.75, 3.05) is 13.7 Å². The molecule has 6 heteroatoms. The smallest absolute Gasteiger partial charge is 0.411 e. The molecule has 170 valence electrons. The number of carbonyl (C=O) groups excluding carboxylic acids is 1. The summed E-state index contributed by atoms with van der Waals surface area (Å²) in [6.07, 6.45) is 1.38. The van der Waals surface area contributed by atoms with Gasteiger partial charge in [-0.25, -0.2) is 9.59 Å². The second kappa shape index (κ2) is 8.94. The highest BCUT2D eigenvalue weighted by Crippen LogP contribution is 2.45. The van der Waals surface area contributed by atoms with E-state index in [1.165, 1.54) is 12.0 Å². The summed E-state index contributed by atoms with van der Waals surface area (Å²) < 4.78 is 11.4. The molecule has 2 aliphatic carbocycles. The van der Waals surface area contributed by atoms with Gasteiger partial charge in [0.1, 0.15) is 6.61 Å². The third kappa shape index (κ3) is 3.56. The Hall–Kier alpha value is -2.86. The SMILES string of the molecule is COC1CCCCC1(C(=O)O)N(C(=O)OCC1c2ccccc2-c2ccccc21)C(C)C. The normalized spacial score (nSPS) is 22.3. The van der Waals surface area contributed by atoms with Crippen molar-refractivity contribution in [2.45, 2.75) is 63.1 Å². The number of hydrogen-bond acceptors (Lipinski definition) is 4. The molecule has 2 aliphatic rings. The number of amides is 1. The van der Waals surface area contributed by atoms with Gasteiger partial charge in [-0.3, -0.25) is 4.90 Å². The van der Waals surface area contributed by atoms with E-state index >= 15 is 0 Å². The van der Waals surface area contributed by atoms with E-state index in [1.807, 2.05) is 38.1 Å². The predicted octanol–water partition coefficient (Wildman–Crippen LogP) is 5.06. The molecule has 0 saturated heterocycles. The van der Waals surface area contributed by atoms with E-state index in [4.69, 9.17) is 9.47 Å². The number of aliphatic carboxylic acids is 1. The molecule has 0 aromatic heterocycles. The fourth-order valence-electron chi connectivity index (χ4n) is 5.56. The molecular formula is C26H31NO5. The second-order valence-electron chi connectivity index (χ2n) is 8.97. The van der Waals surface area contributed by atoms with Crippen LogP contribution in [0.4, 0.5) is 4.79 Å². The van der Waals surface area contributed by atoms with E-state index < -0.39 is 23.7 Å². The number of carbonyl (C=O) groups is 2. The molecule has 2 unspecified atom stereocenters. The number of carboxylic acid groups (broad SMARTS) is 1. The molecule has 32 heavy (non-hydrogen) atoms.